The lowest BCUT2D eigenvalue weighted by Gasteiger charge is -2.19. The summed E-state index contributed by atoms with van der Waals surface area (Å²) in [6.07, 6.45) is 1.14. The highest BCUT2D eigenvalue weighted by atomic mass is 35.5. The SMILES string of the molecule is Cc1ccc(C(C)C)c(OCC(O)Cn2cnc(-c3ccccc3)c2-c2ccccc2)c1.Cl. The lowest BCUT2D eigenvalue weighted by atomic mass is 10.0. The molecule has 0 saturated heterocycles. The number of ether oxygens (including phenoxy) is 1. The molecule has 0 saturated carbocycles. The highest BCUT2D eigenvalue weighted by molar-refractivity contribution is 5.85. The molecular formula is C28H31ClN2O2. The van der Waals surface area contributed by atoms with Crippen LogP contribution in [0.25, 0.3) is 22.5 Å². The van der Waals surface area contributed by atoms with E-state index in [0.717, 1.165) is 39.4 Å². The van der Waals surface area contributed by atoms with Crippen LogP contribution in [0.3, 0.4) is 0 Å². The van der Waals surface area contributed by atoms with Gasteiger partial charge in [-0.15, -0.1) is 12.4 Å². The van der Waals surface area contributed by atoms with Crippen LogP contribution in [0.1, 0.15) is 30.9 Å². The average Bonchev–Trinajstić information content (AvgIpc) is 3.22. The van der Waals surface area contributed by atoms with Crippen molar-refractivity contribution in [2.75, 3.05) is 6.61 Å². The fourth-order valence-electron chi connectivity index (χ4n) is 3.94. The van der Waals surface area contributed by atoms with Crippen LogP contribution < -0.4 is 4.74 Å². The molecule has 0 bridgehead atoms. The van der Waals surface area contributed by atoms with Crippen molar-refractivity contribution in [2.24, 2.45) is 0 Å². The molecule has 3 aromatic carbocycles. The van der Waals surface area contributed by atoms with Gasteiger partial charge in [0.25, 0.3) is 0 Å². The zero-order chi connectivity index (χ0) is 22.5. The molecule has 0 aliphatic carbocycles. The molecule has 33 heavy (non-hydrogen) atoms. The molecule has 0 aliphatic heterocycles. The minimum Gasteiger partial charge on any atom is -0.491 e. The second-order valence-corrected chi connectivity index (χ2v) is 8.49. The summed E-state index contributed by atoms with van der Waals surface area (Å²) < 4.78 is 8.09. The van der Waals surface area contributed by atoms with Gasteiger partial charge in [-0.1, -0.05) is 86.6 Å². The van der Waals surface area contributed by atoms with E-state index in [2.05, 4.69) is 57.2 Å². The predicted octanol–water partition coefficient (Wildman–Crippen LogP) is 6.51. The van der Waals surface area contributed by atoms with Gasteiger partial charge in [0.1, 0.15) is 18.5 Å². The molecule has 4 aromatic rings. The average molecular weight is 463 g/mol. The van der Waals surface area contributed by atoms with E-state index in [1.807, 2.05) is 47.0 Å². The van der Waals surface area contributed by atoms with E-state index in [1.54, 1.807) is 6.33 Å². The van der Waals surface area contributed by atoms with E-state index >= 15 is 0 Å². The van der Waals surface area contributed by atoms with Crippen LogP contribution in [-0.4, -0.2) is 27.4 Å². The molecule has 0 amide bonds. The van der Waals surface area contributed by atoms with Crippen LogP contribution in [-0.2, 0) is 6.54 Å². The molecule has 4 nitrogen and oxygen atoms in total. The van der Waals surface area contributed by atoms with E-state index in [0.29, 0.717) is 12.5 Å². The number of nitrogens with zero attached hydrogens (tertiary/aromatic N) is 2. The zero-order valence-corrected chi connectivity index (χ0v) is 20.1. The van der Waals surface area contributed by atoms with E-state index in [9.17, 15) is 5.11 Å². The molecule has 0 radical (unpaired) electrons. The lowest BCUT2D eigenvalue weighted by Crippen LogP contribution is -2.24. The number of aromatic nitrogens is 2. The molecule has 1 N–H and O–H groups in total. The van der Waals surface area contributed by atoms with Gasteiger partial charge in [0.05, 0.1) is 24.3 Å². The predicted molar refractivity (Wildman–Crippen MR) is 137 cm³/mol. The molecule has 1 unspecified atom stereocenters. The number of imidazole rings is 1. The summed E-state index contributed by atoms with van der Waals surface area (Å²) in [5, 5.41) is 10.8. The first-order valence-corrected chi connectivity index (χ1v) is 11.1. The molecule has 1 atom stereocenters. The van der Waals surface area contributed by atoms with E-state index in [-0.39, 0.29) is 19.0 Å². The Labute approximate surface area is 202 Å². The van der Waals surface area contributed by atoms with Crippen LogP contribution in [0.5, 0.6) is 5.75 Å². The van der Waals surface area contributed by atoms with E-state index in [4.69, 9.17) is 9.72 Å². The third kappa shape index (κ3) is 5.84. The fraction of sp³-hybridized carbons (Fsp3) is 0.250. The monoisotopic (exact) mass is 462 g/mol. The smallest absolute Gasteiger partial charge is 0.123 e. The Hall–Kier alpha value is -3.08. The highest BCUT2D eigenvalue weighted by Crippen LogP contribution is 2.31. The summed E-state index contributed by atoms with van der Waals surface area (Å²) >= 11 is 0. The number of rotatable bonds is 8. The molecule has 0 fully saturated rings. The summed E-state index contributed by atoms with van der Waals surface area (Å²) in [5.74, 6) is 1.20. The van der Waals surface area contributed by atoms with Crippen molar-refractivity contribution in [1.82, 2.24) is 9.55 Å². The number of hydrogen-bond donors (Lipinski definition) is 1. The maximum Gasteiger partial charge on any atom is 0.123 e. The van der Waals surface area contributed by atoms with Crippen molar-refractivity contribution in [3.8, 4) is 28.3 Å². The lowest BCUT2D eigenvalue weighted by molar-refractivity contribution is 0.0922. The van der Waals surface area contributed by atoms with Crippen LogP contribution >= 0.6 is 12.4 Å². The Balaban J connectivity index is 0.00000306. The number of halogens is 1. The molecule has 5 heteroatoms. The second kappa shape index (κ2) is 11.2. The number of benzene rings is 3. The minimum atomic E-state index is -0.671. The van der Waals surface area contributed by atoms with E-state index < -0.39 is 6.10 Å². The Morgan fingerprint density at radius 2 is 1.55 bits per heavy atom. The number of aliphatic hydroxyl groups is 1. The quantitative estimate of drug-likeness (QED) is 0.324. The van der Waals surface area contributed by atoms with Gasteiger partial charge in [0.2, 0.25) is 0 Å². The van der Waals surface area contributed by atoms with Gasteiger partial charge in [-0.25, -0.2) is 4.98 Å². The number of aryl methyl sites for hydroxylation is 1. The first-order valence-electron chi connectivity index (χ1n) is 11.1. The number of aliphatic hydroxyl groups excluding tert-OH is 1. The maximum absolute atomic E-state index is 10.8. The van der Waals surface area contributed by atoms with E-state index in [1.165, 1.54) is 0 Å². The van der Waals surface area contributed by atoms with Crippen molar-refractivity contribution < 1.29 is 9.84 Å². The van der Waals surface area contributed by atoms with Gasteiger partial charge in [-0.2, -0.15) is 0 Å². The van der Waals surface area contributed by atoms with Gasteiger partial charge in [-0.3, -0.25) is 0 Å². The summed E-state index contributed by atoms with van der Waals surface area (Å²) in [6, 6.07) is 26.6. The van der Waals surface area contributed by atoms with Crippen LogP contribution in [0.2, 0.25) is 0 Å². The van der Waals surface area contributed by atoms with Crippen LogP contribution in [0, 0.1) is 6.92 Å². The first kappa shape index (κ1) is 24.6. The Kier molecular flexibility index (Phi) is 8.32. The Bertz CT molecular complexity index is 1160. The van der Waals surface area contributed by atoms with Gasteiger partial charge >= 0.3 is 0 Å². The summed E-state index contributed by atoms with van der Waals surface area (Å²) in [7, 11) is 0. The Morgan fingerprint density at radius 3 is 2.18 bits per heavy atom. The minimum absolute atomic E-state index is 0. The second-order valence-electron chi connectivity index (χ2n) is 8.49. The molecule has 4 rings (SSSR count). The Morgan fingerprint density at radius 1 is 0.909 bits per heavy atom. The molecule has 0 aliphatic rings. The first-order chi connectivity index (χ1) is 15.5. The van der Waals surface area contributed by atoms with Crippen molar-refractivity contribution in [1.29, 1.82) is 0 Å². The number of hydrogen-bond acceptors (Lipinski definition) is 3. The van der Waals surface area contributed by atoms with Gasteiger partial charge in [-0.05, 0) is 30.0 Å². The van der Waals surface area contributed by atoms with Gasteiger partial charge in [0, 0.05) is 11.1 Å². The molecule has 0 spiro atoms. The summed E-state index contributed by atoms with van der Waals surface area (Å²) in [5.41, 5.74) is 6.32. The van der Waals surface area contributed by atoms with Crippen molar-refractivity contribution in [3.63, 3.8) is 0 Å². The zero-order valence-electron chi connectivity index (χ0n) is 19.3. The molecule has 1 heterocycles. The maximum atomic E-state index is 10.8. The summed E-state index contributed by atoms with van der Waals surface area (Å²) in [6.45, 7) is 6.96. The fourth-order valence-corrected chi connectivity index (χ4v) is 3.94. The topological polar surface area (TPSA) is 47.3 Å². The highest BCUT2D eigenvalue weighted by Gasteiger charge is 2.18. The van der Waals surface area contributed by atoms with Gasteiger partial charge < -0.3 is 14.4 Å². The van der Waals surface area contributed by atoms with Crippen molar-refractivity contribution in [2.45, 2.75) is 39.3 Å². The third-order valence-electron chi connectivity index (χ3n) is 5.56. The molecular weight excluding hydrogens is 432 g/mol. The molecule has 172 valence electrons. The summed E-state index contributed by atoms with van der Waals surface area (Å²) in [4.78, 5) is 4.69. The van der Waals surface area contributed by atoms with Crippen molar-refractivity contribution >= 4 is 12.4 Å². The van der Waals surface area contributed by atoms with Crippen LogP contribution in [0.15, 0.2) is 85.2 Å². The van der Waals surface area contributed by atoms with Crippen molar-refractivity contribution in [3.05, 3.63) is 96.3 Å². The standard InChI is InChI=1S/C28H30N2O2.ClH/c1-20(2)25-15-14-21(3)16-26(25)32-18-24(31)17-30-19-29-27(22-10-6-4-7-11-22)28(30)23-12-8-5-9-13-23;/h4-16,19-20,24,31H,17-18H2,1-3H3;1H. The van der Waals surface area contributed by atoms with Crippen LogP contribution in [0.4, 0.5) is 0 Å². The largest absolute Gasteiger partial charge is 0.491 e. The normalized spacial score (nSPS) is 11.8. The third-order valence-corrected chi connectivity index (χ3v) is 5.56. The molecule has 1 aromatic heterocycles. The van der Waals surface area contributed by atoms with Gasteiger partial charge in [0.15, 0.2) is 0 Å².